The predicted octanol–water partition coefficient (Wildman–Crippen LogP) is 2.94. The standard InChI is InChI=1S/C15H13FN2O2S/c1-7-4-10-13(11(16)5-7)18(15(20)14(10)19)6-12-17-8(2)9(3)21-12/h4-5H,6H2,1-3H3. The molecule has 21 heavy (non-hydrogen) atoms. The van der Waals surface area contributed by atoms with Crippen LogP contribution < -0.4 is 4.90 Å². The molecular formula is C15H13FN2O2S. The molecule has 1 aliphatic heterocycles. The summed E-state index contributed by atoms with van der Waals surface area (Å²) < 4.78 is 14.2. The van der Waals surface area contributed by atoms with Gasteiger partial charge in [0.25, 0.3) is 11.7 Å². The summed E-state index contributed by atoms with van der Waals surface area (Å²) in [5.41, 5.74) is 1.72. The van der Waals surface area contributed by atoms with Crippen LogP contribution in [0.1, 0.15) is 31.5 Å². The molecule has 2 aromatic rings. The van der Waals surface area contributed by atoms with E-state index >= 15 is 0 Å². The van der Waals surface area contributed by atoms with Crippen molar-refractivity contribution in [1.82, 2.24) is 4.98 Å². The van der Waals surface area contributed by atoms with Crippen LogP contribution >= 0.6 is 11.3 Å². The fourth-order valence-corrected chi connectivity index (χ4v) is 3.34. The molecule has 6 heteroatoms. The summed E-state index contributed by atoms with van der Waals surface area (Å²) in [7, 11) is 0. The van der Waals surface area contributed by atoms with Crippen LogP contribution in [-0.2, 0) is 11.3 Å². The second kappa shape index (κ2) is 4.73. The maximum atomic E-state index is 14.2. The molecule has 0 fully saturated rings. The number of anilines is 1. The molecular weight excluding hydrogens is 291 g/mol. The molecule has 0 saturated heterocycles. The van der Waals surface area contributed by atoms with E-state index in [0.29, 0.717) is 10.6 Å². The Morgan fingerprint density at radius 2 is 1.95 bits per heavy atom. The highest BCUT2D eigenvalue weighted by atomic mass is 32.1. The molecule has 0 unspecified atom stereocenters. The zero-order valence-electron chi connectivity index (χ0n) is 11.9. The van der Waals surface area contributed by atoms with Gasteiger partial charge in [-0.05, 0) is 38.5 Å². The van der Waals surface area contributed by atoms with Crippen molar-refractivity contribution in [2.45, 2.75) is 27.3 Å². The van der Waals surface area contributed by atoms with Crippen LogP contribution in [0.3, 0.4) is 0 Å². The summed E-state index contributed by atoms with van der Waals surface area (Å²) in [5.74, 6) is -1.90. The van der Waals surface area contributed by atoms with Crippen molar-refractivity contribution < 1.29 is 14.0 Å². The van der Waals surface area contributed by atoms with E-state index in [1.807, 2.05) is 13.8 Å². The second-order valence-electron chi connectivity index (χ2n) is 5.11. The fourth-order valence-electron chi connectivity index (χ4n) is 2.41. The van der Waals surface area contributed by atoms with Gasteiger partial charge in [-0.15, -0.1) is 11.3 Å². The van der Waals surface area contributed by atoms with Crippen LogP contribution in [0.4, 0.5) is 10.1 Å². The summed E-state index contributed by atoms with van der Waals surface area (Å²) in [4.78, 5) is 30.7. The van der Waals surface area contributed by atoms with Crippen molar-refractivity contribution in [3.8, 4) is 0 Å². The maximum absolute atomic E-state index is 14.2. The Labute approximate surface area is 125 Å². The van der Waals surface area contributed by atoms with Crippen LogP contribution in [0.5, 0.6) is 0 Å². The number of fused-ring (bicyclic) bond motifs is 1. The Morgan fingerprint density at radius 3 is 2.57 bits per heavy atom. The van der Waals surface area contributed by atoms with Gasteiger partial charge in [-0.3, -0.25) is 14.5 Å². The molecule has 1 aromatic carbocycles. The molecule has 0 aliphatic carbocycles. The lowest BCUT2D eigenvalue weighted by molar-refractivity contribution is -0.114. The number of aromatic nitrogens is 1. The molecule has 1 amide bonds. The van der Waals surface area contributed by atoms with E-state index in [1.165, 1.54) is 22.3 Å². The molecule has 2 heterocycles. The zero-order chi connectivity index (χ0) is 15.3. The monoisotopic (exact) mass is 304 g/mol. The number of hydrogen-bond acceptors (Lipinski definition) is 4. The van der Waals surface area contributed by atoms with Gasteiger partial charge in [-0.1, -0.05) is 0 Å². The van der Waals surface area contributed by atoms with E-state index in [0.717, 1.165) is 10.6 Å². The molecule has 108 valence electrons. The van der Waals surface area contributed by atoms with Gasteiger partial charge in [0.15, 0.2) is 0 Å². The number of aryl methyl sites for hydroxylation is 3. The molecule has 0 bridgehead atoms. The Hall–Kier alpha value is -2.08. The molecule has 1 aliphatic rings. The van der Waals surface area contributed by atoms with Crippen molar-refractivity contribution in [2.75, 3.05) is 4.90 Å². The zero-order valence-corrected chi connectivity index (χ0v) is 12.7. The lowest BCUT2D eigenvalue weighted by Gasteiger charge is -2.15. The minimum absolute atomic E-state index is 0.0705. The summed E-state index contributed by atoms with van der Waals surface area (Å²) in [6, 6.07) is 2.88. The molecule has 0 saturated carbocycles. The quantitative estimate of drug-likeness (QED) is 0.802. The number of benzene rings is 1. The highest BCUT2D eigenvalue weighted by Gasteiger charge is 2.38. The van der Waals surface area contributed by atoms with Crippen LogP contribution in [0, 0.1) is 26.6 Å². The lowest BCUT2D eigenvalue weighted by atomic mass is 10.1. The number of carbonyl (C=O) groups is 2. The van der Waals surface area contributed by atoms with Crippen molar-refractivity contribution in [1.29, 1.82) is 0 Å². The highest BCUT2D eigenvalue weighted by Crippen LogP contribution is 2.34. The SMILES string of the molecule is Cc1cc(F)c2c(c1)C(=O)C(=O)N2Cc1nc(C)c(C)s1. The van der Waals surface area contributed by atoms with E-state index in [9.17, 15) is 14.0 Å². The third kappa shape index (κ3) is 2.15. The van der Waals surface area contributed by atoms with Gasteiger partial charge in [-0.2, -0.15) is 0 Å². The number of amides is 1. The average molecular weight is 304 g/mol. The first-order chi connectivity index (χ1) is 9.88. The molecule has 0 N–H and O–H groups in total. The van der Waals surface area contributed by atoms with Gasteiger partial charge >= 0.3 is 0 Å². The normalized spacial score (nSPS) is 14.0. The largest absolute Gasteiger partial charge is 0.299 e. The maximum Gasteiger partial charge on any atom is 0.299 e. The Bertz CT molecular complexity index is 763. The van der Waals surface area contributed by atoms with Gasteiger partial charge in [0.1, 0.15) is 10.8 Å². The van der Waals surface area contributed by atoms with Gasteiger partial charge in [0.05, 0.1) is 23.5 Å². The molecule has 0 spiro atoms. The van der Waals surface area contributed by atoms with E-state index in [-0.39, 0.29) is 17.8 Å². The topological polar surface area (TPSA) is 50.3 Å². The van der Waals surface area contributed by atoms with Gasteiger partial charge in [0.2, 0.25) is 0 Å². The molecule has 1 aromatic heterocycles. The Kier molecular flexibility index (Phi) is 3.13. The number of carbonyl (C=O) groups excluding carboxylic acids is 2. The summed E-state index contributed by atoms with van der Waals surface area (Å²) in [6.45, 7) is 5.63. The number of Topliss-reactive ketones (excluding diaryl/α,β-unsaturated/α-hetero) is 1. The molecule has 0 atom stereocenters. The van der Waals surface area contributed by atoms with E-state index in [2.05, 4.69) is 4.98 Å². The van der Waals surface area contributed by atoms with Crippen molar-refractivity contribution in [3.05, 3.63) is 44.7 Å². The first kappa shape index (κ1) is 13.9. The summed E-state index contributed by atoms with van der Waals surface area (Å²) in [6.07, 6.45) is 0. The first-order valence-electron chi connectivity index (χ1n) is 6.47. The Balaban J connectivity index is 2.05. The van der Waals surface area contributed by atoms with E-state index in [4.69, 9.17) is 0 Å². The van der Waals surface area contributed by atoms with Crippen LogP contribution in [0.2, 0.25) is 0 Å². The number of hydrogen-bond donors (Lipinski definition) is 0. The third-order valence-corrected chi connectivity index (χ3v) is 4.59. The minimum Gasteiger partial charge on any atom is -0.295 e. The van der Waals surface area contributed by atoms with E-state index in [1.54, 1.807) is 13.0 Å². The van der Waals surface area contributed by atoms with Crippen molar-refractivity contribution in [2.24, 2.45) is 0 Å². The van der Waals surface area contributed by atoms with Gasteiger partial charge in [0, 0.05) is 4.88 Å². The lowest BCUT2D eigenvalue weighted by Crippen LogP contribution is -2.29. The van der Waals surface area contributed by atoms with E-state index < -0.39 is 17.5 Å². The number of halogens is 1. The number of thiazole rings is 1. The summed E-state index contributed by atoms with van der Waals surface area (Å²) in [5, 5.41) is 0.693. The van der Waals surface area contributed by atoms with Crippen molar-refractivity contribution in [3.63, 3.8) is 0 Å². The average Bonchev–Trinajstić information content (AvgIpc) is 2.83. The summed E-state index contributed by atoms with van der Waals surface area (Å²) >= 11 is 1.45. The van der Waals surface area contributed by atoms with Gasteiger partial charge < -0.3 is 0 Å². The number of nitrogens with zero attached hydrogens (tertiary/aromatic N) is 2. The second-order valence-corrected chi connectivity index (χ2v) is 6.40. The number of rotatable bonds is 2. The smallest absolute Gasteiger partial charge is 0.295 e. The first-order valence-corrected chi connectivity index (χ1v) is 7.29. The molecule has 3 rings (SSSR count). The predicted molar refractivity (Wildman–Crippen MR) is 78.2 cm³/mol. The van der Waals surface area contributed by atoms with Gasteiger partial charge in [-0.25, -0.2) is 9.37 Å². The molecule has 0 radical (unpaired) electrons. The highest BCUT2D eigenvalue weighted by molar-refractivity contribution is 7.11. The Morgan fingerprint density at radius 1 is 1.24 bits per heavy atom. The van der Waals surface area contributed by atoms with Crippen LogP contribution in [-0.4, -0.2) is 16.7 Å². The molecule has 4 nitrogen and oxygen atoms in total. The fraction of sp³-hybridized carbons (Fsp3) is 0.267. The third-order valence-electron chi connectivity index (χ3n) is 3.53. The minimum atomic E-state index is -0.694. The number of ketones is 1. The van der Waals surface area contributed by atoms with Crippen molar-refractivity contribution >= 4 is 28.7 Å². The van der Waals surface area contributed by atoms with Crippen LogP contribution in [0.25, 0.3) is 0 Å². The van der Waals surface area contributed by atoms with Crippen LogP contribution in [0.15, 0.2) is 12.1 Å².